The lowest BCUT2D eigenvalue weighted by Gasteiger charge is -1.95. The van der Waals surface area contributed by atoms with Gasteiger partial charge in [-0.3, -0.25) is 4.99 Å². The maximum absolute atomic E-state index is 8.59. The van der Waals surface area contributed by atoms with Gasteiger partial charge < -0.3 is 5.32 Å². The van der Waals surface area contributed by atoms with Crippen LogP contribution >= 0.6 is 11.3 Å². The fourth-order valence-corrected chi connectivity index (χ4v) is 2.32. The summed E-state index contributed by atoms with van der Waals surface area (Å²) >= 11 is 1.56. The fraction of sp³-hybridized carbons (Fsp3) is 0.167. The highest BCUT2D eigenvalue weighted by Gasteiger charge is 2.03. The summed E-state index contributed by atoms with van der Waals surface area (Å²) in [6.45, 7) is 0.333. The van der Waals surface area contributed by atoms with Crippen LogP contribution in [-0.2, 0) is 6.54 Å². The van der Waals surface area contributed by atoms with Crippen molar-refractivity contribution in [1.29, 1.82) is 10.5 Å². The first-order chi connectivity index (χ1) is 8.76. The first-order valence-electron chi connectivity index (χ1n) is 5.18. The van der Waals surface area contributed by atoms with Crippen molar-refractivity contribution in [2.75, 3.05) is 12.4 Å². The molecule has 2 aromatic rings. The van der Waals surface area contributed by atoms with E-state index in [-0.39, 0.29) is 5.71 Å². The standard InChI is InChI=1S/C12H9N5S/c1-15-12-17-10-3-2-8(4-11(10)18-12)7-16-9(5-13)6-14/h2-4H,7H2,1H3,(H,15,17). The summed E-state index contributed by atoms with van der Waals surface area (Å²) in [7, 11) is 1.83. The second-order valence-corrected chi connectivity index (χ2v) is 4.49. The van der Waals surface area contributed by atoms with E-state index in [2.05, 4.69) is 15.3 Å². The summed E-state index contributed by atoms with van der Waals surface area (Å²) in [6, 6.07) is 9.27. The van der Waals surface area contributed by atoms with Gasteiger partial charge in [0.1, 0.15) is 12.1 Å². The molecule has 0 atom stereocenters. The predicted octanol–water partition coefficient (Wildman–Crippen LogP) is 2.33. The van der Waals surface area contributed by atoms with Gasteiger partial charge in [-0.1, -0.05) is 17.4 Å². The monoisotopic (exact) mass is 255 g/mol. The van der Waals surface area contributed by atoms with Gasteiger partial charge in [0.2, 0.25) is 5.71 Å². The van der Waals surface area contributed by atoms with Crippen molar-refractivity contribution in [2.45, 2.75) is 6.54 Å². The number of rotatable bonds is 3. The summed E-state index contributed by atoms with van der Waals surface area (Å²) in [6.07, 6.45) is 0. The normalized spacial score (nSPS) is 9.50. The molecule has 0 saturated carbocycles. The topological polar surface area (TPSA) is 84.9 Å². The lowest BCUT2D eigenvalue weighted by atomic mass is 10.2. The molecule has 0 saturated heterocycles. The van der Waals surface area contributed by atoms with Crippen LogP contribution in [0.2, 0.25) is 0 Å². The zero-order valence-corrected chi connectivity index (χ0v) is 10.5. The van der Waals surface area contributed by atoms with E-state index in [1.54, 1.807) is 23.5 Å². The van der Waals surface area contributed by atoms with Gasteiger partial charge in [0.05, 0.1) is 16.8 Å². The highest BCUT2D eigenvalue weighted by molar-refractivity contribution is 7.22. The molecule has 0 aliphatic heterocycles. The Morgan fingerprint density at radius 1 is 1.44 bits per heavy atom. The Labute approximate surface area is 108 Å². The third kappa shape index (κ3) is 2.45. The number of aliphatic imine (C=N–C) groups is 1. The van der Waals surface area contributed by atoms with Gasteiger partial charge in [0, 0.05) is 7.05 Å². The lowest BCUT2D eigenvalue weighted by Crippen LogP contribution is -1.90. The number of aromatic nitrogens is 1. The quantitative estimate of drug-likeness (QED) is 0.853. The van der Waals surface area contributed by atoms with Gasteiger partial charge in [-0.2, -0.15) is 10.5 Å². The summed E-state index contributed by atoms with van der Waals surface area (Å²) in [5, 5.41) is 21.0. The SMILES string of the molecule is CNc1nc2ccc(CN=C(C#N)C#N)cc2s1. The maximum Gasteiger partial charge on any atom is 0.213 e. The van der Waals surface area contributed by atoms with Crippen LogP contribution in [0.25, 0.3) is 10.2 Å². The Hall–Kier alpha value is -2.44. The number of nitrogens with zero attached hydrogens (tertiary/aromatic N) is 4. The van der Waals surface area contributed by atoms with Crippen molar-refractivity contribution in [1.82, 2.24) is 4.98 Å². The van der Waals surface area contributed by atoms with E-state index >= 15 is 0 Å². The minimum atomic E-state index is -0.102. The molecule has 1 aromatic carbocycles. The molecular formula is C12H9N5S. The first kappa shape index (κ1) is 12.0. The second kappa shape index (κ2) is 5.26. The Bertz CT molecular complexity index is 671. The van der Waals surface area contributed by atoms with E-state index in [4.69, 9.17) is 10.5 Å². The Morgan fingerprint density at radius 2 is 2.22 bits per heavy atom. The Balaban J connectivity index is 2.28. The minimum Gasteiger partial charge on any atom is -0.365 e. The van der Waals surface area contributed by atoms with Gasteiger partial charge in [0.25, 0.3) is 0 Å². The van der Waals surface area contributed by atoms with E-state index in [0.29, 0.717) is 6.54 Å². The van der Waals surface area contributed by atoms with Crippen LogP contribution in [0.5, 0.6) is 0 Å². The largest absolute Gasteiger partial charge is 0.365 e. The number of nitrogens with one attached hydrogen (secondary N) is 1. The molecule has 0 radical (unpaired) electrons. The van der Waals surface area contributed by atoms with Gasteiger partial charge in [0.15, 0.2) is 5.13 Å². The molecule has 2 rings (SSSR count). The van der Waals surface area contributed by atoms with Gasteiger partial charge >= 0.3 is 0 Å². The van der Waals surface area contributed by atoms with Crippen LogP contribution in [-0.4, -0.2) is 17.7 Å². The van der Waals surface area contributed by atoms with Crippen molar-refractivity contribution in [3.05, 3.63) is 23.8 Å². The molecule has 0 amide bonds. The zero-order valence-electron chi connectivity index (χ0n) is 9.64. The maximum atomic E-state index is 8.59. The molecule has 0 aliphatic rings. The Morgan fingerprint density at radius 3 is 2.89 bits per heavy atom. The number of nitriles is 2. The summed E-state index contributed by atoms with van der Waals surface area (Å²) in [5.41, 5.74) is 1.78. The van der Waals surface area contributed by atoms with Gasteiger partial charge in [-0.05, 0) is 17.7 Å². The number of hydrogen-bond acceptors (Lipinski definition) is 6. The smallest absolute Gasteiger partial charge is 0.213 e. The van der Waals surface area contributed by atoms with E-state index in [0.717, 1.165) is 20.9 Å². The summed E-state index contributed by atoms with van der Waals surface area (Å²) in [4.78, 5) is 8.29. The van der Waals surface area contributed by atoms with Crippen LogP contribution < -0.4 is 5.32 Å². The molecule has 0 unspecified atom stereocenters. The average Bonchev–Trinajstić information content (AvgIpc) is 2.82. The molecule has 1 aromatic heterocycles. The molecule has 88 valence electrons. The molecule has 1 N–H and O–H groups in total. The third-order valence-corrected chi connectivity index (χ3v) is 3.33. The van der Waals surface area contributed by atoms with E-state index in [1.165, 1.54) is 0 Å². The van der Waals surface area contributed by atoms with Crippen LogP contribution in [0.15, 0.2) is 23.2 Å². The number of hydrogen-bond donors (Lipinski definition) is 1. The number of thiazole rings is 1. The highest BCUT2D eigenvalue weighted by Crippen LogP contribution is 2.26. The molecule has 0 bridgehead atoms. The molecule has 5 nitrogen and oxygen atoms in total. The van der Waals surface area contributed by atoms with Crippen LogP contribution in [0, 0.1) is 22.7 Å². The lowest BCUT2D eigenvalue weighted by molar-refractivity contribution is 1.08. The van der Waals surface area contributed by atoms with Crippen LogP contribution in [0.3, 0.4) is 0 Å². The fourth-order valence-electron chi connectivity index (χ4n) is 1.44. The number of fused-ring (bicyclic) bond motifs is 1. The van der Waals surface area contributed by atoms with E-state index in [9.17, 15) is 0 Å². The molecule has 0 aliphatic carbocycles. The van der Waals surface area contributed by atoms with Crippen molar-refractivity contribution in [3.63, 3.8) is 0 Å². The summed E-state index contributed by atoms with van der Waals surface area (Å²) in [5.74, 6) is 0. The van der Waals surface area contributed by atoms with Crippen LogP contribution in [0.1, 0.15) is 5.56 Å². The highest BCUT2D eigenvalue weighted by atomic mass is 32.1. The van der Waals surface area contributed by atoms with Crippen molar-refractivity contribution >= 4 is 32.4 Å². The average molecular weight is 255 g/mol. The minimum absolute atomic E-state index is 0.102. The molecule has 0 fully saturated rings. The number of anilines is 1. The van der Waals surface area contributed by atoms with E-state index < -0.39 is 0 Å². The van der Waals surface area contributed by atoms with Crippen molar-refractivity contribution in [2.24, 2.45) is 4.99 Å². The zero-order chi connectivity index (χ0) is 13.0. The third-order valence-electron chi connectivity index (χ3n) is 2.30. The van der Waals surface area contributed by atoms with Crippen LogP contribution in [0.4, 0.5) is 5.13 Å². The molecular weight excluding hydrogens is 246 g/mol. The first-order valence-corrected chi connectivity index (χ1v) is 6.00. The van der Waals surface area contributed by atoms with Gasteiger partial charge in [-0.15, -0.1) is 0 Å². The van der Waals surface area contributed by atoms with E-state index in [1.807, 2.05) is 25.2 Å². The number of benzene rings is 1. The molecule has 6 heteroatoms. The molecule has 18 heavy (non-hydrogen) atoms. The summed E-state index contributed by atoms with van der Waals surface area (Å²) < 4.78 is 1.06. The predicted molar refractivity (Wildman–Crippen MR) is 71.5 cm³/mol. The second-order valence-electron chi connectivity index (χ2n) is 3.46. The van der Waals surface area contributed by atoms with Crippen molar-refractivity contribution < 1.29 is 0 Å². The Kier molecular flexibility index (Phi) is 3.52. The molecule has 0 spiro atoms. The molecule has 1 heterocycles. The van der Waals surface area contributed by atoms with Gasteiger partial charge in [-0.25, -0.2) is 4.98 Å². The van der Waals surface area contributed by atoms with Crippen molar-refractivity contribution in [3.8, 4) is 12.1 Å².